The lowest BCUT2D eigenvalue weighted by Crippen LogP contribution is -2.55. The molecular formula is C16H22N2O3. The Morgan fingerprint density at radius 3 is 2.67 bits per heavy atom. The molecule has 1 atom stereocenters. The second-order valence-electron chi connectivity index (χ2n) is 5.46. The van der Waals surface area contributed by atoms with E-state index in [1.54, 1.807) is 25.0 Å². The first-order chi connectivity index (χ1) is 10.0. The number of methoxy groups -OCH3 is 1. The molecule has 1 aromatic carbocycles. The molecule has 114 valence electrons. The first kappa shape index (κ1) is 15.5. The summed E-state index contributed by atoms with van der Waals surface area (Å²) in [5.41, 5.74) is 0.345. The van der Waals surface area contributed by atoms with Gasteiger partial charge in [0, 0.05) is 20.3 Å². The zero-order chi connectivity index (χ0) is 15.5. The quantitative estimate of drug-likeness (QED) is 0.843. The Balaban J connectivity index is 2.43. The molecule has 2 rings (SSSR count). The van der Waals surface area contributed by atoms with Crippen molar-refractivity contribution in [3.8, 4) is 0 Å². The van der Waals surface area contributed by atoms with Crippen LogP contribution in [0.25, 0.3) is 0 Å². The van der Waals surface area contributed by atoms with Crippen LogP contribution in [0.4, 0.5) is 5.69 Å². The van der Waals surface area contributed by atoms with Crippen LogP contribution in [0.5, 0.6) is 0 Å². The average Bonchev–Trinajstić information content (AvgIpc) is 2.57. The van der Waals surface area contributed by atoms with Crippen LogP contribution in [0.15, 0.2) is 24.3 Å². The fraction of sp³-hybridized carbons (Fsp3) is 0.500. The van der Waals surface area contributed by atoms with Crippen molar-refractivity contribution in [2.75, 3.05) is 25.2 Å². The Bertz CT molecular complexity index is 544. The second-order valence-corrected chi connectivity index (χ2v) is 5.46. The Labute approximate surface area is 125 Å². The average molecular weight is 290 g/mol. The molecular weight excluding hydrogens is 268 g/mol. The van der Waals surface area contributed by atoms with Gasteiger partial charge in [-0.1, -0.05) is 19.1 Å². The molecule has 1 aliphatic rings. The summed E-state index contributed by atoms with van der Waals surface area (Å²) in [5.74, 6) is -0.267. The lowest BCUT2D eigenvalue weighted by molar-refractivity contribution is -0.124. The van der Waals surface area contributed by atoms with Crippen LogP contribution in [-0.4, -0.2) is 37.6 Å². The van der Waals surface area contributed by atoms with Crippen LogP contribution in [0.3, 0.4) is 0 Å². The highest BCUT2D eigenvalue weighted by Gasteiger charge is 2.41. The Hall–Kier alpha value is -1.88. The maximum absolute atomic E-state index is 12.9. The molecule has 2 amide bonds. The number of carbonyl (C=O) groups excluding carboxylic acids is 2. The molecule has 1 heterocycles. The number of benzene rings is 1. The van der Waals surface area contributed by atoms with Crippen LogP contribution < -0.4 is 10.2 Å². The standard InChI is InChI=1S/C16H22N2O3/c1-4-16(2)15(20)18(10-7-11-21-3)13-9-6-5-8-12(13)14(19)17-16/h5-6,8-9H,4,7,10-11H2,1-3H3,(H,17,19). The van der Waals surface area contributed by atoms with E-state index in [2.05, 4.69) is 5.32 Å². The predicted molar refractivity (Wildman–Crippen MR) is 81.5 cm³/mol. The van der Waals surface area contributed by atoms with E-state index >= 15 is 0 Å². The molecule has 0 saturated heterocycles. The van der Waals surface area contributed by atoms with Crippen LogP contribution >= 0.6 is 0 Å². The predicted octanol–water partition coefficient (Wildman–Crippen LogP) is 1.97. The summed E-state index contributed by atoms with van der Waals surface area (Å²) in [7, 11) is 1.64. The van der Waals surface area contributed by atoms with Crippen molar-refractivity contribution >= 4 is 17.5 Å². The summed E-state index contributed by atoms with van der Waals surface area (Å²) in [6.45, 7) is 4.80. The van der Waals surface area contributed by atoms with Gasteiger partial charge in [0.1, 0.15) is 5.54 Å². The van der Waals surface area contributed by atoms with E-state index in [1.165, 1.54) is 0 Å². The first-order valence-electron chi connectivity index (χ1n) is 7.26. The number of nitrogens with one attached hydrogen (secondary N) is 1. The maximum Gasteiger partial charge on any atom is 0.254 e. The molecule has 1 N–H and O–H groups in total. The largest absolute Gasteiger partial charge is 0.385 e. The molecule has 0 bridgehead atoms. The number of hydrogen-bond acceptors (Lipinski definition) is 3. The van der Waals surface area contributed by atoms with E-state index in [4.69, 9.17) is 4.74 Å². The third kappa shape index (κ3) is 2.93. The summed E-state index contributed by atoms with van der Waals surface area (Å²) in [6, 6.07) is 7.23. The van der Waals surface area contributed by atoms with Crippen molar-refractivity contribution in [1.29, 1.82) is 0 Å². The molecule has 0 radical (unpaired) electrons. The minimum Gasteiger partial charge on any atom is -0.385 e. The van der Waals surface area contributed by atoms with Gasteiger partial charge in [0.25, 0.3) is 11.8 Å². The number of para-hydroxylation sites is 1. The van der Waals surface area contributed by atoms with Gasteiger partial charge in [-0.3, -0.25) is 9.59 Å². The van der Waals surface area contributed by atoms with Gasteiger partial charge in [0.15, 0.2) is 0 Å². The molecule has 0 fully saturated rings. The van der Waals surface area contributed by atoms with Gasteiger partial charge >= 0.3 is 0 Å². The normalized spacial score (nSPS) is 21.8. The van der Waals surface area contributed by atoms with Crippen molar-refractivity contribution in [2.45, 2.75) is 32.2 Å². The maximum atomic E-state index is 12.9. The fourth-order valence-corrected chi connectivity index (χ4v) is 2.51. The fourth-order valence-electron chi connectivity index (χ4n) is 2.51. The van der Waals surface area contributed by atoms with Gasteiger partial charge in [0.05, 0.1) is 11.3 Å². The zero-order valence-electron chi connectivity index (χ0n) is 12.8. The van der Waals surface area contributed by atoms with Gasteiger partial charge < -0.3 is 15.0 Å². The van der Waals surface area contributed by atoms with Gasteiger partial charge in [-0.25, -0.2) is 0 Å². The van der Waals surface area contributed by atoms with Crippen molar-refractivity contribution in [1.82, 2.24) is 5.32 Å². The molecule has 0 spiro atoms. The molecule has 5 heteroatoms. The summed E-state index contributed by atoms with van der Waals surface area (Å²) in [5, 5.41) is 2.87. The molecule has 0 aromatic heterocycles. The van der Waals surface area contributed by atoms with E-state index in [0.717, 1.165) is 6.42 Å². The summed E-state index contributed by atoms with van der Waals surface area (Å²) >= 11 is 0. The first-order valence-corrected chi connectivity index (χ1v) is 7.26. The minimum absolute atomic E-state index is 0.0700. The number of fused-ring (bicyclic) bond motifs is 1. The summed E-state index contributed by atoms with van der Waals surface area (Å²) < 4.78 is 5.07. The Morgan fingerprint density at radius 2 is 2.00 bits per heavy atom. The summed E-state index contributed by atoms with van der Waals surface area (Å²) in [6.07, 6.45) is 1.27. The topological polar surface area (TPSA) is 58.6 Å². The van der Waals surface area contributed by atoms with Crippen molar-refractivity contribution in [3.63, 3.8) is 0 Å². The Morgan fingerprint density at radius 1 is 1.29 bits per heavy atom. The lowest BCUT2D eigenvalue weighted by Gasteiger charge is -2.31. The third-order valence-corrected chi connectivity index (χ3v) is 3.98. The van der Waals surface area contributed by atoms with E-state index in [1.807, 2.05) is 25.1 Å². The van der Waals surface area contributed by atoms with Gasteiger partial charge in [-0.15, -0.1) is 0 Å². The van der Waals surface area contributed by atoms with Crippen molar-refractivity contribution < 1.29 is 14.3 Å². The Kier molecular flexibility index (Phi) is 4.63. The van der Waals surface area contributed by atoms with E-state index < -0.39 is 5.54 Å². The van der Waals surface area contributed by atoms with Gasteiger partial charge in [-0.05, 0) is 31.9 Å². The van der Waals surface area contributed by atoms with E-state index in [-0.39, 0.29) is 11.8 Å². The molecule has 0 aliphatic carbocycles. The van der Waals surface area contributed by atoms with E-state index in [0.29, 0.717) is 30.8 Å². The zero-order valence-corrected chi connectivity index (χ0v) is 12.8. The number of hydrogen-bond donors (Lipinski definition) is 1. The van der Waals surface area contributed by atoms with Crippen LogP contribution in [-0.2, 0) is 9.53 Å². The number of nitrogens with zero attached hydrogens (tertiary/aromatic N) is 1. The van der Waals surface area contributed by atoms with E-state index in [9.17, 15) is 9.59 Å². The van der Waals surface area contributed by atoms with Crippen LogP contribution in [0, 0.1) is 0 Å². The molecule has 1 unspecified atom stereocenters. The molecule has 21 heavy (non-hydrogen) atoms. The highest BCUT2D eigenvalue weighted by atomic mass is 16.5. The van der Waals surface area contributed by atoms with Crippen molar-refractivity contribution in [3.05, 3.63) is 29.8 Å². The number of amides is 2. The number of anilines is 1. The number of rotatable bonds is 5. The smallest absolute Gasteiger partial charge is 0.254 e. The number of ether oxygens (including phenoxy) is 1. The lowest BCUT2D eigenvalue weighted by atomic mass is 9.97. The summed E-state index contributed by atoms with van der Waals surface area (Å²) in [4.78, 5) is 27.0. The molecule has 1 aliphatic heterocycles. The van der Waals surface area contributed by atoms with Gasteiger partial charge in [-0.2, -0.15) is 0 Å². The molecule has 5 nitrogen and oxygen atoms in total. The van der Waals surface area contributed by atoms with Crippen LogP contribution in [0.2, 0.25) is 0 Å². The van der Waals surface area contributed by atoms with Crippen LogP contribution in [0.1, 0.15) is 37.0 Å². The minimum atomic E-state index is -0.872. The molecule has 0 saturated carbocycles. The third-order valence-electron chi connectivity index (χ3n) is 3.98. The van der Waals surface area contributed by atoms with Gasteiger partial charge in [0.2, 0.25) is 0 Å². The highest BCUT2D eigenvalue weighted by Crippen LogP contribution is 2.28. The number of carbonyl (C=O) groups is 2. The van der Waals surface area contributed by atoms with Crippen molar-refractivity contribution in [2.24, 2.45) is 0 Å². The highest BCUT2D eigenvalue weighted by molar-refractivity contribution is 6.12. The monoisotopic (exact) mass is 290 g/mol. The SMILES string of the molecule is CCC1(C)NC(=O)c2ccccc2N(CCCOC)C1=O. The molecule has 1 aromatic rings. The second kappa shape index (κ2) is 6.26.